The summed E-state index contributed by atoms with van der Waals surface area (Å²) in [6.45, 7) is 0.836. The number of carbonyl (C=O) groups is 3. The Morgan fingerprint density at radius 2 is 2.00 bits per heavy atom. The number of guanidine groups is 1. The molecule has 2 aromatic heterocycles. The van der Waals surface area contributed by atoms with Crippen LogP contribution in [0.5, 0.6) is 0 Å². The van der Waals surface area contributed by atoms with Crippen LogP contribution in [0.1, 0.15) is 57.7 Å². The van der Waals surface area contributed by atoms with E-state index in [1.165, 1.54) is 18.4 Å². The summed E-state index contributed by atoms with van der Waals surface area (Å²) in [6.07, 6.45) is 2.22. The van der Waals surface area contributed by atoms with Crippen LogP contribution in [0, 0.1) is 5.41 Å². The Morgan fingerprint density at radius 3 is 2.75 bits per heavy atom. The molecule has 3 heterocycles. The number of amides is 3. The van der Waals surface area contributed by atoms with E-state index in [-0.39, 0.29) is 35.2 Å². The highest BCUT2D eigenvalue weighted by atomic mass is 35.5. The molecule has 1 saturated heterocycles. The minimum Gasteiger partial charge on any atom is -0.370 e. The lowest BCUT2D eigenvalue weighted by Crippen LogP contribution is -2.45. The highest BCUT2D eigenvalue weighted by Crippen LogP contribution is 2.34. The molecule has 4 rings (SSSR count). The molecule has 3 atom stereocenters. The van der Waals surface area contributed by atoms with Gasteiger partial charge in [0.1, 0.15) is 22.4 Å². The zero-order chi connectivity index (χ0) is 28.8. The van der Waals surface area contributed by atoms with Crippen molar-refractivity contribution in [3.63, 3.8) is 0 Å². The molecule has 1 aliphatic rings. The van der Waals surface area contributed by atoms with Gasteiger partial charge in [-0.3, -0.25) is 19.8 Å². The van der Waals surface area contributed by atoms with Crippen LogP contribution in [-0.4, -0.2) is 70.8 Å². The number of aromatic nitrogens is 2. The molecule has 40 heavy (non-hydrogen) atoms. The Labute approximate surface area is 240 Å². The molecule has 0 aliphatic carbocycles. The van der Waals surface area contributed by atoms with Crippen LogP contribution in [0.15, 0.2) is 35.7 Å². The van der Waals surface area contributed by atoms with Crippen LogP contribution >= 0.6 is 22.9 Å². The molecule has 1 aliphatic heterocycles. The number of pyridine rings is 1. The van der Waals surface area contributed by atoms with Crippen molar-refractivity contribution in [2.75, 3.05) is 20.1 Å². The quantitative estimate of drug-likeness (QED) is 0.118. The minimum atomic E-state index is -0.744. The van der Waals surface area contributed by atoms with Gasteiger partial charge in [-0.25, -0.2) is 9.97 Å². The second-order valence-corrected chi connectivity index (χ2v) is 10.9. The van der Waals surface area contributed by atoms with Gasteiger partial charge >= 0.3 is 0 Å². The molecule has 1 fully saturated rings. The number of nitrogens with zero attached hydrogens (tertiary/aromatic N) is 3. The Kier molecular flexibility index (Phi) is 9.50. The number of unbranched alkanes of at least 4 members (excludes halogenated alkanes) is 1. The molecular weight excluding hydrogens is 554 g/mol. The summed E-state index contributed by atoms with van der Waals surface area (Å²) in [5.41, 5.74) is 12.6. The maximum Gasteiger partial charge on any atom is 0.273 e. The van der Waals surface area contributed by atoms with Crippen molar-refractivity contribution in [3.8, 4) is 0 Å². The van der Waals surface area contributed by atoms with Gasteiger partial charge < -0.3 is 32.3 Å². The summed E-state index contributed by atoms with van der Waals surface area (Å²) in [5.74, 6) is -1.17. The van der Waals surface area contributed by atoms with Gasteiger partial charge in [0.05, 0.1) is 11.6 Å². The first-order valence-corrected chi connectivity index (χ1v) is 14.1. The van der Waals surface area contributed by atoms with E-state index in [9.17, 15) is 14.4 Å². The maximum atomic E-state index is 13.5. The average Bonchev–Trinajstić information content (AvgIpc) is 3.58. The Hall–Kier alpha value is -3.81. The van der Waals surface area contributed by atoms with Crippen molar-refractivity contribution in [2.45, 2.75) is 43.8 Å². The number of thiazole rings is 1. The second-order valence-electron chi connectivity index (χ2n) is 9.55. The normalized spacial score (nSPS) is 17.4. The Morgan fingerprint density at radius 1 is 1.20 bits per heavy atom. The number of halogens is 1. The third kappa shape index (κ3) is 7.03. The van der Waals surface area contributed by atoms with Gasteiger partial charge in [-0.05, 0) is 49.9 Å². The summed E-state index contributed by atoms with van der Waals surface area (Å²) in [5, 5.41) is 18.9. The fourth-order valence-electron chi connectivity index (χ4n) is 4.61. The molecule has 0 radical (unpaired) electrons. The predicted molar refractivity (Wildman–Crippen MR) is 154 cm³/mol. The average molecular weight is 586 g/mol. The first-order valence-electron chi connectivity index (χ1n) is 12.8. The number of benzene rings is 1. The number of rotatable bonds is 10. The molecule has 3 aromatic rings. The van der Waals surface area contributed by atoms with E-state index < -0.39 is 18.0 Å². The molecule has 8 N–H and O–H groups in total. The number of hydrogen-bond acceptors (Lipinski definition) is 8. The topological polar surface area (TPSA) is 192 Å². The van der Waals surface area contributed by atoms with Crippen molar-refractivity contribution >= 4 is 57.5 Å². The largest absolute Gasteiger partial charge is 0.370 e. The maximum absolute atomic E-state index is 13.5. The molecule has 212 valence electrons. The number of nitrogens with two attached hydrogens (primary N) is 2. The lowest BCUT2D eigenvalue weighted by atomic mass is 10.1. The molecule has 12 nitrogen and oxygen atoms in total. The molecule has 14 heteroatoms. The van der Waals surface area contributed by atoms with Gasteiger partial charge in [-0.2, -0.15) is 0 Å². The SMILES string of the molecule is CNC(=O)[C@H](CCCCNC(=N)N)NC(=O)c1csc([C@@H]2C[C@@H](N)CN2C(=O)c2ccc3cc(Cl)ccc3n2)n1. The molecule has 3 amide bonds. The molecule has 1 aromatic carbocycles. The van der Waals surface area contributed by atoms with E-state index in [0.717, 1.165) is 5.39 Å². The van der Waals surface area contributed by atoms with Crippen LogP contribution in [0.3, 0.4) is 0 Å². The highest BCUT2D eigenvalue weighted by molar-refractivity contribution is 7.09. The Bertz CT molecular complexity index is 1420. The number of likely N-dealkylation sites (tertiary alicyclic amines) is 1. The minimum absolute atomic E-state index is 0.113. The van der Waals surface area contributed by atoms with E-state index in [2.05, 4.69) is 25.9 Å². The van der Waals surface area contributed by atoms with Crippen molar-refractivity contribution in [1.29, 1.82) is 5.41 Å². The molecule has 0 spiro atoms. The third-order valence-corrected chi connectivity index (χ3v) is 7.79. The smallest absolute Gasteiger partial charge is 0.273 e. The summed E-state index contributed by atoms with van der Waals surface area (Å²) in [4.78, 5) is 49.5. The number of nitrogens with one attached hydrogen (secondary N) is 4. The second kappa shape index (κ2) is 13.0. The van der Waals surface area contributed by atoms with Gasteiger partial charge in [0, 0.05) is 42.0 Å². The van der Waals surface area contributed by atoms with Crippen LogP contribution in [0.4, 0.5) is 0 Å². The van der Waals surface area contributed by atoms with E-state index in [4.69, 9.17) is 28.5 Å². The van der Waals surface area contributed by atoms with Crippen molar-refractivity contribution in [1.82, 2.24) is 30.8 Å². The van der Waals surface area contributed by atoms with E-state index in [1.807, 2.05) is 0 Å². The number of fused-ring (bicyclic) bond motifs is 1. The molecule has 0 bridgehead atoms. The Balaban J connectivity index is 1.44. The van der Waals surface area contributed by atoms with Gasteiger partial charge in [0.15, 0.2) is 5.96 Å². The zero-order valence-electron chi connectivity index (χ0n) is 21.9. The number of hydrogen-bond donors (Lipinski definition) is 6. The van der Waals surface area contributed by atoms with Crippen LogP contribution in [0.25, 0.3) is 10.9 Å². The summed E-state index contributed by atoms with van der Waals surface area (Å²) >= 11 is 7.33. The first-order chi connectivity index (χ1) is 19.2. The van der Waals surface area contributed by atoms with Crippen molar-refractivity contribution < 1.29 is 14.4 Å². The fraction of sp³-hybridized carbons (Fsp3) is 0.385. The molecular formula is C26H32ClN9O3S. The van der Waals surface area contributed by atoms with Gasteiger partial charge in [0.2, 0.25) is 5.91 Å². The zero-order valence-corrected chi connectivity index (χ0v) is 23.5. The molecule has 0 unspecified atom stereocenters. The van der Waals surface area contributed by atoms with E-state index in [0.29, 0.717) is 54.3 Å². The van der Waals surface area contributed by atoms with E-state index in [1.54, 1.807) is 40.6 Å². The van der Waals surface area contributed by atoms with Gasteiger partial charge in [-0.1, -0.05) is 17.7 Å². The van der Waals surface area contributed by atoms with Crippen LogP contribution in [-0.2, 0) is 4.79 Å². The summed E-state index contributed by atoms with van der Waals surface area (Å²) < 4.78 is 0. The third-order valence-electron chi connectivity index (χ3n) is 6.61. The standard InChI is InChI=1S/C26H32ClN9O3S/c1-31-22(37)18(4-2-3-9-32-26(29)30)34-23(38)20-13-40-24(35-20)21-11-16(28)12-36(21)25(39)19-7-5-14-10-15(27)6-8-17(14)33-19/h5-8,10,13,16,18,21H,2-4,9,11-12,28H2,1H3,(H,31,37)(H,34,38)(H4,29,30,32)/t16-,18+,21+/m1/s1. The van der Waals surface area contributed by atoms with Gasteiger partial charge in [-0.15, -0.1) is 11.3 Å². The molecule has 0 saturated carbocycles. The van der Waals surface area contributed by atoms with Crippen molar-refractivity contribution in [2.24, 2.45) is 11.5 Å². The predicted octanol–water partition coefficient (Wildman–Crippen LogP) is 1.76. The lowest BCUT2D eigenvalue weighted by molar-refractivity contribution is -0.122. The van der Waals surface area contributed by atoms with Crippen molar-refractivity contribution in [3.05, 3.63) is 57.1 Å². The monoisotopic (exact) mass is 585 g/mol. The number of carbonyl (C=O) groups excluding carboxylic acids is 3. The lowest BCUT2D eigenvalue weighted by Gasteiger charge is -2.22. The van der Waals surface area contributed by atoms with Crippen LogP contribution < -0.4 is 27.4 Å². The fourth-order valence-corrected chi connectivity index (χ4v) is 5.71. The summed E-state index contributed by atoms with van der Waals surface area (Å²) in [6, 6.07) is 7.36. The van der Waals surface area contributed by atoms with Crippen LogP contribution in [0.2, 0.25) is 5.02 Å². The highest BCUT2D eigenvalue weighted by Gasteiger charge is 2.37. The first kappa shape index (κ1) is 29.2. The number of likely N-dealkylation sites (N-methyl/N-ethyl adjacent to an activating group) is 1. The van der Waals surface area contributed by atoms with E-state index >= 15 is 0 Å². The summed E-state index contributed by atoms with van der Waals surface area (Å²) in [7, 11) is 1.51. The van der Waals surface area contributed by atoms with Gasteiger partial charge in [0.25, 0.3) is 11.8 Å².